The number of nitrogens with zero attached hydrogens (tertiary/aromatic N) is 1. The molecule has 1 aromatic carbocycles. The van der Waals surface area contributed by atoms with Crippen molar-refractivity contribution in [1.29, 1.82) is 0 Å². The Morgan fingerprint density at radius 2 is 1.90 bits per heavy atom. The molecule has 2 aromatic rings. The normalized spacial score (nSPS) is 12.4. The molecule has 1 N–H and O–H groups in total. The maximum absolute atomic E-state index is 14.4. The molecule has 0 saturated heterocycles. The highest BCUT2D eigenvalue weighted by Crippen LogP contribution is 2.28. The summed E-state index contributed by atoms with van der Waals surface area (Å²) < 4.78 is 28.6. The average Bonchev–Trinajstić information content (AvgIpc) is 2.48. The molecule has 0 amide bonds. The topological polar surface area (TPSA) is 24.9 Å². The molecule has 0 bridgehead atoms. The highest BCUT2D eigenvalue weighted by molar-refractivity contribution is 5.36. The lowest BCUT2D eigenvalue weighted by molar-refractivity contribution is 0.499. The van der Waals surface area contributed by atoms with Crippen LogP contribution in [-0.2, 0) is 0 Å². The van der Waals surface area contributed by atoms with E-state index >= 15 is 0 Å². The van der Waals surface area contributed by atoms with Gasteiger partial charge in [-0.2, -0.15) is 0 Å². The van der Waals surface area contributed by atoms with Crippen LogP contribution in [0.4, 0.5) is 8.78 Å². The largest absolute Gasteiger partial charge is 0.306 e. The van der Waals surface area contributed by atoms with Crippen LogP contribution in [0.3, 0.4) is 0 Å². The molecule has 1 heterocycles. The third-order valence-corrected chi connectivity index (χ3v) is 3.47. The first-order valence-electron chi connectivity index (χ1n) is 7.15. The molecule has 0 aliphatic rings. The number of rotatable bonds is 5. The van der Waals surface area contributed by atoms with E-state index in [0.717, 1.165) is 17.7 Å². The van der Waals surface area contributed by atoms with Gasteiger partial charge < -0.3 is 5.32 Å². The fourth-order valence-electron chi connectivity index (χ4n) is 2.27. The van der Waals surface area contributed by atoms with Crippen molar-refractivity contribution >= 4 is 0 Å². The Bertz CT molecular complexity index is 609. The highest BCUT2D eigenvalue weighted by atomic mass is 19.1. The van der Waals surface area contributed by atoms with Gasteiger partial charge in [0, 0.05) is 17.5 Å². The van der Waals surface area contributed by atoms with E-state index in [1.807, 2.05) is 26.0 Å². The Hall–Kier alpha value is -1.81. The number of halogens is 2. The van der Waals surface area contributed by atoms with Gasteiger partial charge in [0.2, 0.25) is 0 Å². The van der Waals surface area contributed by atoms with E-state index in [1.165, 1.54) is 12.1 Å². The van der Waals surface area contributed by atoms with E-state index in [9.17, 15) is 8.78 Å². The van der Waals surface area contributed by atoms with E-state index in [-0.39, 0.29) is 5.56 Å². The lowest BCUT2D eigenvalue weighted by atomic mass is 9.96. The van der Waals surface area contributed by atoms with Crippen LogP contribution in [0, 0.1) is 25.5 Å². The van der Waals surface area contributed by atoms with Crippen molar-refractivity contribution in [2.75, 3.05) is 6.54 Å². The minimum atomic E-state index is -0.535. The fourth-order valence-corrected chi connectivity index (χ4v) is 2.27. The molecule has 2 nitrogen and oxygen atoms in total. The fraction of sp³-hybridized carbons (Fsp3) is 0.353. The maximum atomic E-state index is 14.4. The summed E-state index contributed by atoms with van der Waals surface area (Å²) in [5, 5.41) is 3.21. The third kappa shape index (κ3) is 3.45. The van der Waals surface area contributed by atoms with Crippen LogP contribution in [0.5, 0.6) is 0 Å². The first-order chi connectivity index (χ1) is 10.0. The quantitative estimate of drug-likeness (QED) is 0.898. The average molecular weight is 290 g/mol. The molecule has 0 spiro atoms. The molecule has 0 aliphatic carbocycles. The molecule has 1 aromatic heterocycles. The minimum absolute atomic E-state index is 0.0640. The molecular weight excluding hydrogens is 270 g/mol. The summed E-state index contributed by atoms with van der Waals surface area (Å²) in [7, 11) is 0. The summed E-state index contributed by atoms with van der Waals surface area (Å²) in [4.78, 5) is 4.23. The number of aryl methyl sites for hydroxylation is 2. The van der Waals surface area contributed by atoms with Gasteiger partial charge in [-0.05, 0) is 50.1 Å². The second kappa shape index (κ2) is 6.76. The number of nitrogens with one attached hydrogen (secondary N) is 1. The van der Waals surface area contributed by atoms with Gasteiger partial charge in [-0.25, -0.2) is 8.78 Å². The predicted octanol–water partition coefficient (Wildman–Crippen LogP) is 4.07. The van der Waals surface area contributed by atoms with Gasteiger partial charge in [-0.1, -0.05) is 19.1 Å². The molecular formula is C17H20F2N2. The molecule has 0 radical (unpaired) electrons. The second-order valence-electron chi connectivity index (χ2n) is 5.21. The van der Waals surface area contributed by atoms with Gasteiger partial charge in [-0.15, -0.1) is 0 Å². The van der Waals surface area contributed by atoms with E-state index in [2.05, 4.69) is 10.3 Å². The van der Waals surface area contributed by atoms with E-state index in [0.29, 0.717) is 12.1 Å². The molecule has 21 heavy (non-hydrogen) atoms. The SMILES string of the molecule is CCCNC(c1ccc(C)nc1)c1c(F)ccc(C)c1F. The van der Waals surface area contributed by atoms with Crippen LogP contribution in [0.25, 0.3) is 0 Å². The molecule has 4 heteroatoms. The van der Waals surface area contributed by atoms with Crippen LogP contribution < -0.4 is 5.32 Å². The molecule has 2 rings (SSSR count). The molecule has 0 aliphatic heterocycles. The monoisotopic (exact) mass is 290 g/mol. The van der Waals surface area contributed by atoms with Crippen molar-refractivity contribution in [3.63, 3.8) is 0 Å². The van der Waals surface area contributed by atoms with E-state index in [4.69, 9.17) is 0 Å². The van der Waals surface area contributed by atoms with Crippen LogP contribution in [0.2, 0.25) is 0 Å². The number of hydrogen-bond acceptors (Lipinski definition) is 2. The Kier molecular flexibility index (Phi) is 5.02. The van der Waals surface area contributed by atoms with Gasteiger partial charge in [0.05, 0.1) is 6.04 Å². The van der Waals surface area contributed by atoms with E-state index < -0.39 is 17.7 Å². The lowest BCUT2D eigenvalue weighted by Gasteiger charge is -2.21. The summed E-state index contributed by atoms with van der Waals surface area (Å²) in [6, 6.07) is 5.95. The van der Waals surface area contributed by atoms with Crippen LogP contribution >= 0.6 is 0 Å². The Labute approximate surface area is 124 Å². The standard InChI is InChI=1S/C17H20F2N2/c1-4-9-20-17(13-7-6-12(3)21-10-13)15-14(18)8-5-11(2)16(15)19/h5-8,10,17,20H,4,9H2,1-3H3. The summed E-state index contributed by atoms with van der Waals surface area (Å²) >= 11 is 0. The molecule has 0 saturated carbocycles. The predicted molar refractivity (Wildman–Crippen MR) is 80.2 cm³/mol. The molecule has 112 valence electrons. The summed E-state index contributed by atoms with van der Waals surface area (Å²) in [5.41, 5.74) is 2.14. The van der Waals surface area contributed by atoms with Crippen molar-refractivity contribution in [2.24, 2.45) is 0 Å². The van der Waals surface area contributed by atoms with Crippen molar-refractivity contribution in [2.45, 2.75) is 33.2 Å². The van der Waals surface area contributed by atoms with Crippen molar-refractivity contribution in [3.8, 4) is 0 Å². The number of aromatic nitrogens is 1. The summed E-state index contributed by atoms with van der Waals surface area (Å²) in [5.74, 6) is -1.03. The van der Waals surface area contributed by atoms with Gasteiger partial charge in [0.25, 0.3) is 0 Å². The molecule has 1 atom stereocenters. The smallest absolute Gasteiger partial charge is 0.134 e. The van der Waals surface area contributed by atoms with E-state index in [1.54, 1.807) is 13.1 Å². The minimum Gasteiger partial charge on any atom is -0.306 e. The Morgan fingerprint density at radius 3 is 2.52 bits per heavy atom. The Balaban J connectivity index is 2.50. The second-order valence-corrected chi connectivity index (χ2v) is 5.21. The van der Waals surface area contributed by atoms with Crippen LogP contribution in [-0.4, -0.2) is 11.5 Å². The first-order valence-corrected chi connectivity index (χ1v) is 7.15. The zero-order valence-corrected chi connectivity index (χ0v) is 12.6. The van der Waals surface area contributed by atoms with Crippen LogP contribution in [0.1, 0.15) is 41.8 Å². The molecule has 0 fully saturated rings. The van der Waals surface area contributed by atoms with Crippen molar-refractivity contribution < 1.29 is 8.78 Å². The molecule has 1 unspecified atom stereocenters. The van der Waals surface area contributed by atoms with Crippen molar-refractivity contribution in [1.82, 2.24) is 10.3 Å². The van der Waals surface area contributed by atoms with Crippen LogP contribution in [0.15, 0.2) is 30.5 Å². The van der Waals surface area contributed by atoms with Gasteiger partial charge >= 0.3 is 0 Å². The first kappa shape index (κ1) is 15.6. The summed E-state index contributed by atoms with van der Waals surface area (Å²) in [6.45, 7) is 6.21. The van der Waals surface area contributed by atoms with Gasteiger partial charge in [0.15, 0.2) is 0 Å². The highest BCUT2D eigenvalue weighted by Gasteiger charge is 2.22. The number of hydrogen-bond donors (Lipinski definition) is 1. The zero-order valence-electron chi connectivity index (χ0n) is 12.6. The van der Waals surface area contributed by atoms with Gasteiger partial charge in [0.1, 0.15) is 11.6 Å². The maximum Gasteiger partial charge on any atom is 0.134 e. The van der Waals surface area contributed by atoms with Crippen molar-refractivity contribution in [3.05, 3.63) is 64.5 Å². The number of pyridine rings is 1. The number of benzene rings is 1. The Morgan fingerprint density at radius 1 is 1.14 bits per heavy atom. The van der Waals surface area contributed by atoms with Gasteiger partial charge in [-0.3, -0.25) is 4.98 Å². The zero-order chi connectivity index (χ0) is 15.4. The third-order valence-electron chi connectivity index (χ3n) is 3.47. The lowest BCUT2D eigenvalue weighted by Crippen LogP contribution is -2.25. The summed E-state index contributed by atoms with van der Waals surface area (Å²) in [6.07, 6.45) is 2.55.